The quantitative estimate of drug-likeness (QED) is 0.366. The number of carbonyl (C=O) groups is 1. The minimum absolute atomic E-state index is 0.0155. The summed E-state index contributed by atoms with van der Waals surface area (Å²) in [5.41, 5.74) is 5.21. The number of pyridine rings is 1. The number of hydrogen-bond acceptors (Lipinski definition) is 7. The molecule has 7 nitrogen and oxygen atoms in total. The third kappa shape index (κ3) is 4.83. The van der Waals surface area contributed by atoms with Gasteiger partial charge in [-0.2, -0.15) is 5.26 Å². The number of aromatic nitrogens is 3. The Morgan fingerprint density at radius 3 is 2.81 bits per heavy atom. The van der Waals surface area contributed by atoms with E-state index >= 15 is 0 Å². The molecule has 1 aliphatic rings. The normalized spacial score (nSPS) is 14.7. The number of nitriles is 1. The van der Waals surface area contributed by atoms with Gasteiger partial charge in [0.15, 0.2) is 0 Å². The molecule has 0 radical (unpaired) electrons. The number of rotatable bonds is 6. The monoisotopic (exact) mass is 495 g/mol. The number of nitrogens with zero attached hydrogens (tertiary/aromatic N) is 4. The van der Waals surface area contributed by atoms with E-state index in [-0.39, 0.29) is 18.1 Å². The maximum absolute atomic E-state index is 12.8. The molecule has 1 unspecified atom stereocenters. The van der Waals surface area contributed by atoms with Crippen LogP contribution in [0.5, 0.6) is 5.75 Å². The van der Waals surface area contributed by atoms with Crippen molar-refractivity contribution in [3.8, 4) is 33.0 Å². The van der Waals surface area contributed by atoms with Crippen LogP contribution in [-0.2, 0) is 6.42 Å². The van der Waals surface area contributed by atoms with Gasteiger partial charge in [0.2, 0.25) is 0 Å². The molecule has 1 amide bonds. The SMILES string of the molecule is CC(C)Oc1ccc(-c2nnc(-c3cccc4c3CCCC4NC(=O)c3cccnc3)s2)cc1C#N. The average molecular weight is 496 g/mol. The Kier molecular flexibility index (Phi) is 6.74. The maximum Gasteiger partial charge on any atom is 0.253 e. The Morgan fingerprint density at radius 1 is 1.17 bits per heavy atom. The van der Waals surface area contributed by atoms with E-state index < -0.39 is 0 Å². The zero-order valence-electron chi connectivity index (χ0n) is 20.1. The summed E-state index contributed by atoms with van der Waals surface area (Å²) in [6.07, 6.45) is 5.99. The summed E-state index contributed by atoms with van der Waals surface area (Å²) >= 11 is 1.49. The highest BCUT2D eigenvalue weighted by Crippen LogP contribution is 2.39. The number of ether oxygens (including phenoxy) is 1. The highest BCUT2D eigenvalue weighted by Gasteiger charge is 2.25. The minimum Gasteiger partial charge on any atom is -0.490 e. The molecule has 0 saturated heterocycles. The Morgan fingerprint density at radius 2 is 2.03 bits per heavy atom. The molecule has 5 rings (SSSR count). The van der Waals surface area contributed by atoms with Crippen LogP contribution >= 0.6 is 11.3 Å². The molecule has 36 heavy (non-hydrogen) atoms. The maximum atomic E-state index is 12.8. The van der Waals surface area contributed by atoms with Crippen molar-refractivity contribution in [3.63, 3.8) is 0 Å². The summed E-state index contributed by atoms with van der Waals surface area (Å²) in [5, 5.41) is 23.2. The second kappa shape index (κ2) is 10.3. The zero-order chi connectivity index (χ0) is 25.1. The van der Waals surface area contributed by atoms with E-state index in [1.807, 2.05) is 32.0 Å². The van der Waals surface area contributed by atoms with Crippen LogP contribution in [0.15, 0.2) is 60.9 Å². The van der Waals surface area contributed by atoms with Crippen molar-refractivity contribution in [1.29, 1.82) is 5.26 Å². The van der Waals surface area contributed by atoms with Gasteiger partial charge in [-0.3, -0.25) is 9.78 Å². The van der Waals surface area contributed by atoms with E-state index in [1.54, 1.807) is 30.6 Å². The van der Waals surface area contributed by atoms with Gasteiger partial charge in [0.05, 0.1) is 23.3 Å². The highest BCUT2D eigenvalue weighted by atomic mass is 32.1. The zero-order valence-corrected chi connectivity index (χ0v) is 20.9. The molecular formula is C28H25N5O2S. The number of fused-ring (bicyclic) bond motifs is 1. The number of benzene rings is 2. The Balaban J connectivity index is 1.43. The second-order valence-electron chi connectivity index (χ2n) is 8.94. The fourth-order valence-corrected chi connectivity index (χ4v) is 5.39. The number of hydrogen-bond donors (Lipinski definition) is 1. The van der Waals surface area contributed by atoms with E-state index in [2.05, 4.69) is 38.7 Å². The third-order valence-electron chi connectivity index (χ3n) is 6.10. The Labute approximate surface area is 213 Å². The van der Waals surface area contributed by atoms with Gasteiger partial charge in [0.25, 0.3) is 5.91 Å². The van der Waals surface area contributed by atoms with Crippen molar-refractivity contribution in [3.05, 3.63) is 83.2 Å². The number of carbonyl (C=O) groups excluding carboxylic acids is 1. The predicted octanol–water partition coefficient (Wildman–Crippen LogP) is 5.73. The lowest BCUT2D eigenvalue weighted by Crippen LogP contribution is -2.31. The number of nitrogens with one attached hydrogen (secondary N) is 1. The lowest BCUT2D eigenvalue weighted by atomic mass is 9.85. The van der Waals surface area contributed by atoms with E-state index in [9.17, 15) is 10.1 Å². The fourth-order valence-electron chi connectivity index (χ4n) is 4.49. The van der Waals surface area contributed by atoms with Gasteiger partial charge in [0.1, 0.15) is 21.8 Å². The molecule has 0 bridgehead atoms. The van der Waals surface area contributed by atoms with Gasteiger partial charge in [-0.25, -0.2) is 0 Å². The van der Waals surface area contributed by atoms with Gasteiger partial charge in [-0.05, 0) is 74.6 Å². The molecule has 0 saturated carbocycles. The fraction of sp³-hybridized carbons (Fsp3) is 0.250. The first-order chi connectivity index (χ1) is 17.5. The highest BCUT2D eigenvalue weighted by molar-refractivity contribution is 7.17. The van der Waals surface area contributed by atoms with E-state index in [4.69, 9.17) is 4.74 Å². The largest absolute Gasteiger partial charge is 0.490 e. The Hall–Kier alpha value is -4.09. The lowest BCUT2D eigenvalue weighted by molar-refractivity contribution is 0.0932. The van der Waals surface area contributed by atoms with Crippen molar-refractivity contribution < 1.29 is 9.53 Å². The van der Waals surface area contributed by atoms with Crippen LogP contribution in [0.4, 0.5) is 0 Å². The molecule has 0 aliphatic heterocycles. The van der Waals surface area contributed by atoms with Crippen molar-refractivity contribution in [1.82, 2.24) is 20.5 Å². The minimum atomic E-state index is -0.122. The van der Waals surface area contributed by atoms with Crippen LogP contribution in [0.25, 0.3) is 21.1 Å². The topological polar surface area (TPSA) is 101 Å². The average Bonchev–Trinajstić information content (AvgIpc) is 3.39. The van der Waals surface area contributed by atoms with Gasteiger partial charge < -0.3 is 10.1 Å². The molecule has 1 aliphatic carbocycles. The smallest absolute Gasteiger partial charge is 0.253 e. The number of amides is 1. The van der Waals surface area contributed by atoms with Crippen LogP contribution in [0.1, 0.15) is 59.8 Å². The Bertz CT molecular complexity index is 1440. The van der Waals surface area contributed by atoms with Gasteiger partial charge in [-0.15, -0.1) is 10.2 Å². The van der Waals surface area contributed by atoms with Gasteiger partial charge in [-0.1, -0.05) is 29.5 Å². The first kappa shape index (κ1) is 23.6. The summed E-state index contributed by atoms with van der Waals surface area (Å²) in [4.78, 5) is 16.8. The molecular weight excluding hydrogens is 470 g/mol. The van der Waals surface area contributed by atoms with Gasteiger partial charge in [0, 0.05) is 23.5 Å². The molecule has 4 aromatic rings. The predicted molar refractivity (Wildman–Crippen MR) is 139 cm³/mol. The van der Waals surface area contributed by atoms with Crippen LogP contribution in [0.3, 0.4) is 0 Å². The second-order valence-corrected chi connectivity index (χ2v) is 9.91. The molecule has 8 heteroatoms. The molecule has 0 spiro atoms. The summed E-state index contributed by atoms with van der Waals surface area (Å²) in [6, 6.07) is 17.4. The van der Waals surface area contributed by atoms with Crippen LogP contribution in [-0.4, -0.2) is 27.2 Å². The molecule has 2 aromatic carbocycles. The van der Waals surface area contributed by atoms with E-state index in [1.165, 1.54) is 16.9 Å². The first-order valence-electron chi connectivity index (χ1n) is 11.9. The summed E-state index contributed by atoms with van der Waals surface area (Å²) in [7, 11) is 0. The van der Waals surface area contributed by atoms with E-state index in [0.29, 0.717) is 16.9 Å². The summed E-state index contributed by atoms with van der Waals surface area (Å²) in [6.45, 7) is 3.86. The molecule has 1 N–H and O–H groups in total. The molecule has 1 atom stereocenters. The van der Waals surface area contributed by atoms with Crippen molar-refractivity contribution >= 4 is 17.2 Å². The first-order valence-corrected chi connectivity index (χ1v) is 12.7. The third-order valence-corrected chi connectivity index (χ3v) is 7.11. The molecule has 2 heterocycles. The standard InChI is InChI=1S/C28H25N5O2S/c1-17(2)35-25-12-11-18(14-20(25)15-29)27-32-33-28(36-27)23-9-3-8-22-21(23)7-4-10-24(22)31-26(34)19-6-5-13-30-16-19/h3,5-6,8-9,11-14,16-17,24H,4,7,10H2,1-2H3,(H,31,34). The van der Waals surface area contributed by atoms with Crippen molar-refractivity contribution in [2.45, 2.75) is 45.3 Å². The lowest BCUT2D eigenvalue weighted by Gasteiger charge is -2.27. The summed E-state index contributed by atoms with van der Waals surface area (Å²) < 4.78 is 5.74. The van der Waals surface area contributed by atoms with E-state index in [0.717, 1.165) is 46.0 Å². The van der Waals surface area contributed by atoms with Crippen molar-refractivity contribution in [2.24, 2.45) is 0 Å². The van der Waals surface area contributed by atoms with Crippen molar-refractivity contribution in [2.75, 3.05) is 0 Å². The molecule has 0 fully saturated rings. The van der Waals surface area contributed by atoms with Crippen LogP contribution in [0.2, 0.25) is 0 Å². The van der Waals surface area contributed by atoms with Crippen LogP contribution < -0.4 is 10.1 Å². The van der Waals surface area contributed by atoms with Gasteiger partial charge >= 0.3 is 0 Å². The summed E-state index contributed by atoms with van der Waals surface area (Å²) in [5.74, 6) is 0.445. The molecule has 2 aromatic heterocycles. The molecule has 180 valence electrons. The van der Waals surface area contributed by atoms with Crippen LogP contribution in [0, 0.1) is 11.3 Å².